The molecule has 0 N–H and O–H groups in total. The van der Waals surface area contributed by atoms with Gasteiger partial charge in [-0.25, -0.2) is 0 Å². The van der Waals surface area contributed by atoms with Crippen LogP contribution in [-0.2, 0) is 11.4 Å². The van der Waals surface area contributed by atoms with Crippen molar-refractivity contribution >= 4 is 46.4 Å². The number of rotatable bonds is 6. The van der Waals surface area contributed by atoms with Gasteiger partial charge in [0.2, 0.25) is 0 Å². The minimum Gasteiger partial charge on any atom is -0.487 e. The van der Waals surface area contributed by atoms with Gasteiger partial charge in [0.25, 0.3) is 5.91 Å². The normalized spacial score (nSPS) is 14.4. The maximum atomic E-state index is 13.1. The Morgan fingerprint density at radius 1 is 0.968 bits per heavy atom. The van der Waals surface area contributed by atoms with Crippen molar-refractivity contribution < 1.29 is 9.53 Å². The summed E-state index contributed by atoms with van der Waals surface area (Å²) in [6.45, 7) is 5.23. The summed E-state index contributed by atoms with van der Waals surface area (Å²) < 4.78 is 5.85. The number of amides is 1. The molecule has 0 saturated heterocycles. The molecule has 0 bridgehead atoms. The van der Waals surface area contributed by atoms with Crippen LogP contribution < -0.4 is 9.64 Å². The van der Waals surface area contributed by atoms with Gasteiger partial charge in [-0.2, -0.15) is 0 Å². The predicted molar refractivity (Wildman–Crippen MR) is 129 cm³/mol. The van der Waals surface area contributed by atoms with E-state index in [1.54, 1.807) is 0 Å². The molecule has 3 aromatic carbocycles. The standard InChI is InChI=1S/C26H23Cl2NO2/c1-17(2)15-29-24-10-6-4-8-20(24)21(26(29)30)13-18-11-12-25(23(28)14-18)31-16-19-7-3-5-9-22(19)27/h3-14,17H,15-16H2,1-2H3/b21-13-. The Bertz CT molecular complexity index is 1150. The van der Waals surface area contributed by atoms with E-state index in [2.05, 4.69) is 13.8 Å². The molecule has 158 valence electrons. The number of fused-ring (bicyclic) bond motifs is 1. The average molecular weight is 452 g/mol. The third-order valence-corrected chi connectivity index (χ3v) is 5.78. The third-order valence-electron chi connectivity index (χ3n) is 5.12. The van der Waals surface area contributed by atoms with Gasteiger partial charge < -0.3 is 9.64 Å². The zero-order valence-corrected chi connectivity index (χ0v) is 19.0. The Hall–Kier alpha value is -2.75. The highest BCUT2D eigenvalue weighted by Gasteiger charge is 2.32. The summed E-state index contributed by atoms with van der Waals surface area (Å²) in [5, 5.41) is 1.14. The minimum atomic E-state index is 0.0186. The largest absolute Gasteiger partial charge is 0.487 e. The first-order chi connectivity index (χ1) is 14.9. The number of carbonyl (C=O) groups excluding carboxylic acids is 1. The number of carbonyl (C=O) groups is 1. The fraction of sp³-hybridized carbons (Fsp3) is 0.192. The summed E-state index contributed by atoms with van der Waals surface area (Å²) in [5.41, 5.74) is 4.32. The molecular weight excluding hydrogens is 429 g/mol. The van der Waals surface area contributed by atoms with Crippen molar-refractivity contribution in [2.45, 2.75) is 20.5 Å². The van der Waals surface area contributed by atoms with Gasteiger partial charge >= 0.3 is 0 Å². The second-order valence-corrected chi connectivity index (χ2v) is 8.77. The van der Waals surface area contributed by atoms with E-state index >= 15 is 0 Å². The zero-order chi connectivity index (χ0) is 22.0. The molecule has 0 spiro atoms. The van der Waals surface area contributed by atoms with E-state index in [1.807, 2.05) is 77.7 Å². The number of anilines is 1. The fourth-order valence-electron chi connectivity index (χ4n) is 3.65. The SMILES string of the molecule is CC(C)CN1C(=O)/C(=C\c2ccc(OCc3ccccc3Cl)c(Cl)c2)c2ccccc21. The summed E-state index contributed by atoms with van der Waals surface area (Å²) in [4.78, 5) is 15.0. The van der Waals surface area contributed by atoms with Crippen molar-refractivity contribution in [1.29, 1.82) is 0 Å². The van der Waals surface area contributed by atoms with Crippen molar-refractivity contribution in [3.63, 3.8) is 0 Å². The number of hydrogen-bond acceptors (Lipinski definition) is 2. The Balaban J connectivity index is 1.58. The van der Waals surface area contributed by atoms with Gasteiger partial charge in [0.1, 0.15) is 12.4 Å². The Morgan fingerprint density at radius 3 is 2.45 bits per heavy atom. The smallest absolute Gasteiger partial charge is 0.259 e. The molecule has 1 aliphatic heterocycles. The lowest BCUT2D eigenvalue weighted by Gasteiger charge is -2.19. The molecule has 0 aliphatic carbocycles. The molecule has 1 heterocycles. The Kier molecular flexibility index (Phi) is 6.35. The quantitative estimate of drug-likeness (QED) is 0.373. The number of ether oxygens (including phenoxy) is 1. The van der Waals surface area contributed by atoms with Gasteiger partial charge in [-0.3, -0.25) is 4.79 Å². The van der Waals surface area contributed by atoms with Crippen molar-refractivity contribution in [1.82, 2.24) is 0 Å². The summed E-state index contributed by atoms with van der Waals surface area (Å²) in [6.07, 6.45) is 1.89. The summed E-state index contributed by atoms with van der Waals surface area (Å²) >= 11 is 12.7. The van der Waals surface area contributed by atoms with Gasteiger partial charge in [0.15, 0.2) is 0 Å². The van der Waals surface area contributed by atoms with E-state index in [4.69, 9.17) is 27.9 Å². The first-order valence-corrected chi connectivity index (χ1v) is 11.0. The molecule has 0 aromatic heterocycles. The van der Waals surface area contributed by atoms with Crippen LogP contribution in [0.1, 0.15) is 30.5 Å². The van der Waals surface area contributed by atoms with Crippen molar-refractivity contribution in [3.05, 3.63) is 93.5 Å². The van der Waals surface area contributed by atoms with Crippen LogP contribution in [0.4, 0.5) is 5.69 Å². The molecule has 4 rings (SSSR count). The van der Waals surface area contributed by atoms with Crippen LogP contribution in [0.15, 0.2) is 66.7 Å². The van der Waals surface area contributed by atoms with Crippen molar-refractivity contribution in [3.8, 4) is 5.75 Å². The summed E-state index contributed by atoms with van der Waals surface area (Å²) in [7, 11) is 0. The third kappa shape index (κ3) is 4.63. The summed E-state index contributed by atoms with van der Waals surface area (Å²) in [5.74, 6) is 0.966. The molecule has 1 aliphatic rings. The molecule has 0 fully saturated rings. The second-order valence-electron chi connectivity index (χ2n) is 7.95. The van der Waals surface area contributed by atoms with Crippen LogP contribution >= 0.6 is 23.2 Å². The first-order valence-electron chi connectivity index (χ1n) is 10.2. The summed E-state index contributed by atoms with van der Waals surface area (Å²) in [6, 6.07) is 21.0. The van der Waals surface area contributed by atoms with E-state index in [0.717, 1.165) is 22.4 Å². The lowest BCUT2D eigenvalue weighted by Crippen LogP contribution is -2.30. The molecule has 0 radical (unpaired) electrons. The first kappa shape index (κ1) is 21.5. The van der Waals surface area contributed by atoms with Gasteiger partial charge in [-0.15, -0.1) is 0 Å². The van der Waals surface area contributed by atoms with Crippen LogP contribution in [0.5, 0.6) is 5.75 Å². The number of nitrogens with zero attached hydrogens (tertiary/aromatic N) is 1. The number of hydrogen-bond donors (Lipinski definition) is 0. The molecule has 0 unspecified atom stereocenters. The van der Waals surface area contributed by atoms with Gasteiger partial charge in [-0.05, 0) is 41.8 Å². The van der Waals surface area contributed by atoms with Gasteiger partial charge in [0, 0.05) is 28.3 Å². The monoisotopic (exact) mass is 451 g/mol. The van der Waals surface area contributed by atoms with E-state index in [9.17, 15) is 4.79 Å². The van der Waals surface area contributed by atoms with Crippen molar-refractivity contribution in [2.75, 3.05) is 11.4 Å². The van der Waals surface area contributed by atoms with Crippen LogP contribution in [0.25, 0.3) is 11.6 Å². The lowest BCUT2D eigenvalue weighted by atomic mass is 10.0. The minimum absolute atomic E-state index is 0.0186. The maximum absolute atomic E-state index is 13.1. The molecular formula is C26H23Cl2NO2. The highest BCUT2D eigenvalue weighted by molar-refractivity contribution is 6.36. The molecule has 31 heavy (non-hydrogen) atoms. The molecule has 5 heteroatoms. The van der Waals surface area contributed by atoms with Gasteiger partial charge in [0.05, 0.1) is 10.7 Å². The molecule has 1 amide bonds. The second kappa shape index (κ2) is 9.17. The maximum Gasteiger partial charge on any atom is 0.259 e. The Labute approximate surface area is 192 Å². The fourth-order valence-corrected chi connectivity index (χ4v) is 4.09. The van der Waals surface area contributed by atoms with E-state index in [1.165, 1.54) is 0 Å². The molecule has 3 aromatic rings. The zero-order valence-electron chi connectivity index (χ0n) is 17.4. The van der Waals surface area contributed by atoms with Crippen LogP contribution in [0.2, 0.25) is 10.0 Å². The molecule has 0 saturated carbocycles. The molecule has 3 nitrogen and oxygen atoms in total. The van der Waals surface area contributed by atoms with E-state index in [-0.39, 0.29) is 5.91 Å². The number of para-hydroxylation sites is 1. The van der Waals surface area contributed by atoms with Crippen LogP contribution in [0, 0.1) is 5.92 Å². The van der Waals surface area contributed by atoms with Gasteiger partial charge in [-0.1, -0.05) is 79.5 Å². The molecule has 0 atom stereocenters. The Morgan fingerprint density at radius 2 is 1.71 bits per heavy atom. The van der Waals surface area contributed by atoms with Crippen LogP contribution in [0.3, 0.4) is 0 Å². The average Bonchev–Trinajstić information content (AvgIpc) is 3.00. The van der Waals surface area contributed by atoms with Crippen LogP contribution in [-0.4, -0.2) is 12.5 Å². The van der Waals surface area contributed by atoms with E-state index < -0.39 is 0 Å². The van der Waals surface area contributed by atoms with E-state index in [0.29, 0.717) is 40.4 Å². The van der Waals surface area contributed by atoms with Crippen molar-refractivity contribution in [2.24, 2.45) is 5.92 Å². The topological polar surface area (TPSA) is 29.5 Å². The highest BCUT2D eigenvalue weighted by atomic mass is 35.5. The lowest BCUT2D eigenvalue weighted by molar-refractivity contribution is -0.113. The predicted octanol–water partition coefficient (Wildman–Crippen LogP) is 7.12. The number of benzene rings is 3. The highest BCUT2D eigenvalue weighted by Crippen LogP contribution is 2.38. The number of halogens is 2.